The number of benzene rings is 2. The van der Waals surface area contributed by atoms with E-state index >= 15 is 0 Å². The maximum atomic E-state index is 12.5. The van der Waals surface area contributed by atoms with Crippen LogP contribution < -0.4 is 0 Å². The molecule has 22 heavy (non-hydrogen) atoms. The number of ketones is 1. The van der Waals surface area contributed by atoms with Gasteiger partial charge in [0.25, 0.3) is 0 Å². The van der Waals surface area contributed by atoms with Crippen molar-refractivity contribution in [2.75, 3.05) is 6.61 Å². The zero-order valence-electron chi connectivity index (χ0n) is 12.5. The number of ether oxygens (including phenoxy) is 1. The van der Waals surface area contributed by atoms with Crippen LogP contribution in [0.5, 0.6) is 0 Å². The van der Waals surface area contributed by atoms with Gasteiger partial charge in [-0.3, -0.25) is 4.79 Å². The van der Waals surface area contributed by atoms with Crippen LogP contribution in [0.1, 0.15) is 35.7 Å². The van der Waals surface area contributed by atoms with E-state index < -0.39 is 0 Å². The molecule has 3 nitrogen and oxygen atoms in total. The van der Waals surface area contributed by atoms with Gasteiger partial charge in [-0.1, -0.05) is 36.4 Å². The topological polar surface area (TPSA) is 43.4 Å². The Morgan fingerprint density at radius 1 is 1.18 bits per heavy atom. The Hall–Kier alpha value is -2.42. The second-order valence-corrected chi connectivity index (χ2v) is 5.47. The first-order chi connectivity index (χ1) is 10.7. The van der Waals surface area contributed by atoms with Crippen molar-refractivity contribution in [3.63, 3.8) is 0 Å². The molecule has 1 aliphatic rings. The highest BCUT2D eigenvalue weighted by Crippen LogP contribution is 2.35. The molecule has 0 saturated heterocycles. The van der Waals surface area contributed by atoms with Gasteiger partial charge in [-0.2, -0.15) is 0 Å². The minimum atomic E-state index is -0.389. The van der Waals surface area contributed by atoms with Crippen LogP contribution in [0.2, 0.25) is 0 Å². The summed E-state index contributed by atoms with van der Waals surface area (Å²) in [5.74, 6) is -0.0644. The van der Waals surface area contributed by atoms with Crippen LogP contribution in [0.25, 0.3) is 16.8 Å². The van der Waals surface area contributed by atoms with E-state index in [0.717, 1.165) is 29.2 Å². The Balaban J connectivity index is 2.08. The van der Waals surface area contributed by atoms with Crippen molar-refractivity contribution in [1.29, 1.82) is 0 Å². The van der Waals surface area contributed by atoms with Gasteiger partial charge >= 0.3 is 5.97 Å². The van der Waals surface area contributed by atoms with Crippen molar-refractivity contribution in [1.82, 2.24) is 0 Å². The number of hydrogen-bond donors (Lipinski definition) is 0. The average molecular weight is 294 g/mol. The number of rotatable bonds is 5. The van der Waals surface area contributed by atoms with Crippen molar-refractivity contribution in [3.05, 3.63) is 53.6 Å². The van der Waals surface area contributed by atoms with Crippen LogP contribution in [0.15, 0.2) is 42.5 Å². The smallest absolute Gasteiger partial charge is 0.330 e. The monoisotopic (exact) mass is 294 g/mol. The van der Waals surface area contributed by atoms with Gasteiger partial charge in [0.2, 0.25) is 0 Å². The molecule has 0 heterocycles. The molecule has 0 aliphatic heterocycles. The molecule has 0 spiro atoms. The number of hydrogen-bond acceptors (Lipinski definition) is 3. The first kappa shape index (κ1) is 14.5. The van der Waals surface area contributed by atoms with Crippen molar-refractivity contribution in [2.45, 2.75) is 19.8 Å². The fourth-order valence-corrected chi connectivity index (χ4v) is 2.60. The molecule has 0 bridgehead atoms. The van der Waals surface area contributed by atoms with Gasteiger partial charge in [-0.05, 0) is 42.2 Å². The summed E-state index contributed by atoms with van der Waals surface area (Å²) in [6.45, 7) is 2.11. The SMILES string of the molecule is CCOC(=O)/C=C/c1c(C(=O)C2CC2)ccc2ccccc12. The average Bonchev–Trinajstić information content (AvgIpc) is 3.37. The Kier molecular flexibility index (Phi) is 4.05. The summed E-state index contributed by atoms with van der Waals surface area (Å²) in [4.78, 5) is 24.1. The third kappa shape index (κ3) is 2.93. The Morgan fingerprint density at radius 2 is 1.95 bits per heavy atom. The van der Waals surface area contributed by atoms with E-state index in [0.29, 0.717) is 12.2 Å². The van der Waals surface area contributed by atoms with Gasteiger partial charge < -0.3 is 4.74 Å². The molecule has 1 fully saturated rings. The summed E-state index contributed by atoms with van der Waals surface area (Å²) in [5.41, 5.74) is 1.50. The maximum Gasteiger partial charge on any atom is 0.330 e. The van der Waals surface area contributed by atoms with Gasteiger partial charge in [0.15, 0.2) is 5.78 Å². The number of carbonyl (C=O) groups excluding carboxylic acids is 2. The molecular formula is C19H18O3. The van der Waals surface area contributed by atoms with Gasteiger partial charge in [0.1, 0.15) is 0 Å². The van der Waals surface area contributed by atoms with E-state index in [1.807, 2.05) is 36.4 Å². The molecule has 112 valence electrons. The van der Waals surface area contributed by atoms with Crippen molar-refractivity contribution in [3.8, 4) is 0 Å². The largest absolute Gasteiger partial charge is 0.463 e. The lowest BCUT2D eigenvalue weighted by atomic mass is 9.94. The first-order valence-electron chi connectivity index (χ1n) is 7.61. The Bertz CT molecular complexity index is 754. The van der Waals surface area contributed by atoms with Crippen molar-refractivity contribution < 1.29 is 14.3 Å². The van der Waals surface area contributed by atoms with E-state index in [1.165, 1.54) is 6.08 Å². The van der Waals surface area contributed by atoms with E-state index in [4.69, 9.17) is 4.74 Å². The molecule has 0 atom stereocenters. The summed E-state index contributed by atoms with van der Waals surface area (Å²) in [7, 11) is 0. The lowest BCUT2D eigenvalue weighted by molar-refractivity contribution is -0.137. The third-order valence-corrected chi connectivity index (χ3v) is 3.86. The molecule has 2 aromatic carbocycles. The summed E-state index contributed by atoms with van der Waals surface area (Å²) >= 11 is 0. The fraction of sp³-hybridized carbons (Fsp3) is 0.263. The van der Waals surface area contributed by atoms with Crippen molar-refractivity contribution in [2.24, 2.45) is 5.92 Å². The highest BCUT2D eigenvalue weighted by atomic mass is 16.5. The Labute approximate surface area is 129 Å². The lowest BCUT2D eigenvalue weighted by Crippen LogP contribution is -2.05. The summed E-state index contributed by atoms with van der Waals surface area (Å²) in [5, 5.41) is 2.04. The minimum absolute atomic E-state index is 0.149. The molecule has 0 radical (unpaired) electrons. The summed E-state index contributed by atoms with van der Waals surface area (Å²) in [6.07, 6.45) is 5.03. The van der Waals surface area contributed by atoms with Crippen LogP contribution >= 0.6 is 0 Å². The van der Waals surface area contributed by atoms with E-state index in [-0.39, 0.29) is 17.7 Å². The van der Waals surface area contributed by atoms with E-state index in [2.05, 4.69) is 0 Å². The predicted octanol–water partition coefficient (Wildman–Crippen LogP) is 4.01. The van der Waals surface area contributed by atoms with Gasteiger partial charge in [-0.15, -0.1) is 0 Å². The second kappa shape index (κ2) is 6.14. The van der Waals surface area contributed by atoms with Crippen LogP contribution in [0.3, 0.4) is 0 Å². The van der Waals surface area contributed by atoms with Crippen LogP contribution in [-0.2, 0) is 9.53 Å². The molecule has 0 N–H and O–H groups in total. The van der Waals surface area contributed by atoms with Gasteiger partial charge in [0, 0.05) is 17.6 Å². The zero-order valence-corrected chi connectivity index (χ0v) is 12.5. The molecule has 0 aromatic heterocycles. The van der Waals surface area contributed by atoms with Crippen molar-refractivity contribution >= 4 is 28.6 Å². The minimum Gasteiger partial charge on any atom is -0.463 e. The Morgan fingerprint density at radius 3 is 2.68 bits per heavy atom. The van der Waals surface area contributed by atoms with E-state index in [9.17, 15) is 9.59 Å². The molecule has 1 saturated carbocycles. The molecule has 1 aliphatic carbocycles. The summed E-state index contributed by atoms with van der Waals surface area (Å²) in [6, 6.07) is 11.7. The standard InChI is InChI=1S/C19H18O3/c1-2-22-18(20)12-11-16-15-6-4-3-5-13(15)9-10-17(16)19(21)14-7-8-14/h3-6,9-12,14H,2,7-8H2,1H3/b12-11+. The molecule has 0 unspecified atom stereocenters. The molecular weight excluding hydrogens is 276 g/mol. The molecule has 2 aromatic rings. The van der Waals surface area contributed by atoms with Gasteiger partial charge in [0.05, 0.1) is 6.61 Å². The predicted molar refractivity (Wildman–Crippen MR) is 86.7 cm³/mol. The van der Waals surface area contributed by atoms with E-state index in [1.54, 1.807) is 13.0 Å². The molecule has 3 rings (SSSR count). The zero-order chi connectivity index (χ0) is 15.5. The van der Waals surface area contributed by atoms with Crippen LogP contribution in [0.4, 0.5) is 0 Å². The molecule has 3 heteroatoms. The highest BCUT2D eigenvalue weighted by Gasteiger charge is 2.31. The first-order valence-corrected chi connectivity index (χ1v) is 7.61. The molecule has 0 amide bonds. The van der Waals surface area contributed by atoms with Crippen LogP contribution in [0, 0.1) is 5.92 Å². The number of esters is 1. The quantitative estimate of drug-likeness (QED) is 0.475. The maximum absolute atomic E-state index is 12.5. The normalized spacial score (nSPS) is 14.4. The number of fused-ring (bicyclic) bond motifs is 1. The number of carbonyl (C=O) groups is 2. The second-order valence-electron chi connectivity index (χ2n) is 5.47. The highest BCUT2D eigenvalue weighted by molar-refractivity contribution is 6.08. The van der Waals surface area contributed by atoms with Crippen LogP contribution in [-0.4, -0.2) is 18.4 Å². The fourth-order valence-electron chi connectivity index (χ4n) is 2.60. The third-order valence-electron chi connectivity index (χ3n) is 3.86. The summed E-state index contributed by atoms with van der Waals surface area (Å²) < 4.78 is 4.93. The lowest BCUT2D eigenvalue weighted by Gasteiger charge is -2.09. The number of Topliss-reactive ketones (excluding diaryl/α,β-unsaturated/α-hetero) is 1. The van der Waals surface area contributed by atoms with Gasteiger partial charge in [-0.25, -0.2) is 4.79 Å².